The van der Waals surface area contributed by atoms with Gasteiger partial charge in [-0.3, -0.25) is 0 Å². The zero-order valence-electron chi connectivity index (χ0n) is 8.68. The van der Waals surface area contributed by atoms with Gasteiger partial charge in [0.15, 0.2) is 0 Å². The first-order valence-corrected chi connectivity index (χ1v) is 5.40. The second kappa shape index (κ2) is 3.78. The highest BCUT2D eigenvalue weighted by atomic mass is 35.5. The summed E-state index contributed by atoms with van der Waals surface area (Å²) in [5.74, 6) is -0.845. The summed E-state index contributed by atoms with van der Waals surface area (Å²) >= 11 is 5.58. The molecule has 2 rings (SSSR count). The van der Waals surface area contributed by atoms with Crippen molar-refractivity contribution in [3.63, 3.8) is 0 Å². The Bertz CT molecular complexity index is 453. The first kappa shape index (κ1) is 12.5. The largest absolute Gasteiger partial charge is 0.507 e. The lowest BCUT2D eigenvalue weighted by molar-refractivity contribution is -0.138. The molecule has 17 heavy (non-hydrogen) atoms. The Morgan fingerprint density at radius 1 is 1.29 bits per heavy atom. The van der Waals surface area contributed by atoms with Gasteiger partial charge in [0.25, 0.3) is 0 Å². The van der Waals surface area contributed by atoms with Crippen molar-refractivity contribution in [2.45, 2.75) is 31.0 Å². The first-order valence-electron chi connectivity index (χ1n) is 5.02. The number of benzene rings is 1. The summed E-state index contributed by atoms with van der Waals surface area (Å²) in [6.07, 6.45) is -3.61. The van der Waals surface area contributed by atoms with Gasteiger partial charge in [0.1, 0.15) is 5.75 Å². The summed E-state index contributed by atoms with van der Waals surface area (Å²) in [4.78, 5) is 0. The fraction of sp³-hybridized carbons (Fsp3) is 0.455. The molecule has 0 heterocycles. The van der Waals surface area contributed by atoms with Crippen LogP contribution >= 0.6 is 11.6 Å². The summed E-state index contributed by atoms with van der Waals surface area (Å²) in [6.45, 7) is 0. The predicted octanol–water partition coefficient (Wildman–Crippen LogP) is 3.13. The van der Waals surface area contributed by atoms with Crippen molar-refractivity contribution in [1.29, 1.82) is 0 Å². The van der Waals surface area contributed by atoms with Crippen molar-refractivity contribution in [2.75, 3.05) is 0 Å². The molecule has 6 heteroatoms. The molecular formula is C11H10ClF3O2. The monoisotopic (exact) mass is 266 g/mol. The van der Waals surface area contributed by atoms with E-state index >= 15 is 0 Å². The van der Waals surface area contributed by atoms with E-state index in [9.17, 15) is 23.4 Å². The Morgan fingerprint density at radius 2 is 1.88 bits per heavy atom. The highest BCUT2D eigenvalue weighted by Gasteiger charge is 2.42. The standard InChI is InChI=1S/C11H10ClF3O2/c12-7-3-6(5-10(17)1-2-10)9(16)8(4-7)11(13,14)15/h3-4,16-17H,1-2,5H2. The third kappa shape index (κ3) is 2.66. The summed E-state index contributed by atoms with van der Waals surface area (Å²) in [5, 5.41) is 19.1. The molecule has 1 saturated carbocycles. The zero-order valence-corrected chi connectivity index (χ0v) is 9.44. The minimum absolute atomic E-state index is 0.0114. The quantitative estimate of drug-likeness (QED) is 0.863. The molecule has 1 aromatic rings. The molecule has 1 aliphatic carbocycles. The van der Waals surface area contributed by atoms with Crippen molar-refractivity contribution >= 4 is 11.6 Å². The van der Waals surface area contributed by atoms with E-state index in [1.54, 1.807) is 0 Å². The number of alkyl halides is 3. The van der Waals surface area contributed by atoms with Crippen molar-refractivity contribution < 1.29 is 23.4 Å². The van der Waals surface area contributed by atoms with Crippen LogP contribution in [0, 0.1) is 0 Å². The van der Waals surface area contributed by atoms with Gasteiger partial charge in [0.2, 0.25) is 0 Å². The fourth-order valence-corrected chi connectivity index (χ4v) is 1.92. The number of phenols is 1. The molecule has 1 fully saturated rings. The lowest BCUT2D eigenvalue weighted by Crippen LogP contribution is -2.13. The van der Waals surface area contributed by atoms with Crippen LogP contribution in [0.4, 0.5) is 13.2 Å². The lowest BCUT2D eigenvalue weighted by atomic mass is 10.0. The van der Waals surface area contributed by atoms with E-state index in [1.165, 1.54) is 6.07 Å². The molecule has 0 radical (unpaired) electrons. The topological polar surface area (TPSA) is 40.5 Å². The normalized spacial score (nSPS) is 18.2. The number of aromatic hydroxyl groups is 1. The number of hydrogen-bond acceptors (Lipinski definition) is 2. The Hall–Kier alpha value is -0.940. The second-order valence-corrected chi connectivity index (χ2v) is 4.80. The van der Waals surface area contributed by atoms with Gasteiger partial charge in [-0.25, -0.2) is 0 Å². The minimum Gasteiger partial charge on any atom is -0.507 e. The van der Waals surface area contributed by atoms with Gasteiger partial charge in [0.05, 0.1) is 11.2 Å². The van der Waals surface area contributed by atoms with Gasteiger partial charge < -0.3 is 10.2 Å². The third-order valence-corrected chi connectivity index (χ3v) is 3.02. The van der Waals surface area contributed by atoms with E-state index in [0.717, 1.165) is 0 Å². The minimum atomic E-state index is -4.66. The van der Waals surface area contributed by atoms with Crippen LogP contribution in [0.1, 0.15) is 24.0 Å². The van der Waals surface area contributed by atoms with E-state index in [0.29, 0.717) is 18.9 Å². The molecule has 1 aromatic carbocycles. The zero-order chi connectivity index (χ0) is 12.8. The number of phenolic OH excluding ortho intramolecular Hbond substituents is 1. The van der Waals surface area contributed by atoms with E-state index in [2.05, 4.69) is 0 Å². The van der Waals surface area contributed by atoms with Crippen LogP contribution in [0.2, 0.25) is 5.02 Å². The highest BCUT2D eigenvalue weighted by molar-refractivity contribution is 6.30. The highest BCUT2D eigenvalue weighted by Crippen LogP contribution is 2.44. The van der Waals surface area contributed by atoms with Crippen LogP contribution < -0.4 is 0 Å². The fourth-order valence-electron chi connectivity index (χ4n) is 1.68. The summed E-state index contributed by atoms with van der Waals surface area (Å²) in [6, 6.07) is 1.93. The van der Waals surface area contributed by atoms with Crippen molar-refractivity contribution in [2.24, 2.45) is 0 Å². The average Bonchev–Trinajstić information content (AvgIpc) is 2.87. The maximum atomic E-state index is 12.6. The molecule has 2 nitrogen and oxygen atoms in total. The smallest absolute Gasteiger partial charge is 0.420 e. The van der Waals surface area contributed by atoms with Gasteiger partial charge in [0, 0.05) is 11.4 Å². The van der Waals surface area contributed by atoms with Crippen LogP contribution in [-0.2, 0) is 12.6 Å². The molecule has 0 amide bonds. The second-order valence-electron chi connectivity index (χ2n) is 4.36. The maximum Gasteiger partial charge on any atom is 0.420 e. The van der Waals surface area contributed by atoms with Crippen molar-refractivity contribution in [3.05, 3.63) is 28.3 Å². The molecule has 0 bridgehead atoms. The molecule has 1 aliphatic rings. The van der Waals surface area contributed by atoms with Gasteiger partial charge in [-0.05, 0) is 30.5 Å². The molecule has 0 saturated heterocycles. The Labute approximate surface area is 101 Å². The SMILES string of the molecule is Oc1c(CC2(O)CC2)cc(Cl)cc1C(F)(F)F. The number of aliphatic hydroxyl groups is 1. The molecule has 2 N–H and O–H groups in total. The molecule has 0 aliphatic heterocycles. The predicted molar refractivity (Wildman–Crippen MR) is 56.0 cm³/mol. The average molecular weight is 267 g/mol. The summed E-state index contributed by atoms with van der Waals surface area (Å²) < 4.78 is 37.7. The van der Waals surface area contributed by atoms with Gasteiger partial charge in [-0.15, -0.1) is 0 Å². The Kier molecular flexibility index (Phi) is 2.78. The number of halogens is 4. The maximum absolute atomic E-state index is 12.6. The molecule has 0 spiro atoms. The van der Waals surface area contributed by atoms with Crippen LogP contribution in [0.25, 0.3) is 0 Å². The number of rotatable bonds is 2. The Morgan fingerprint density at radius 3 is 2.35 bits per heavy atom. The number of hydrogen-bond donors (Lipinski definition) is 2. The Balaban J connectivity index is 2.42. The van der Waals surface area contributed by atoms with E-state index in [-0.39, 0.29) is 17.0 Å². The van der Waals surface area contributed by atoms with Crippen LogP contribution in [0.5, 0.6) is 5.75 Å². The molecular weight excluding hydrogens is 257 g/mol. The lowest BCUT2D eigenvalue weighted by Gasteiger charge is -2.15. The van der Waals surface area contributed by atoms with Gasteiger partial charge in [-0.1, -0.05) is 11.6 Å². The molecule has 0 aromatic heterocycles. The third-order valence-electron chi connectivity index (χ3n) is 2.81. The van der Waals surface area contributed by atoms with Crippen LogP contribution in [-0.4, -0.2) is 15.8 Å². The van der Waals surface area contributed by atoms with E-state index < -0.39 is 23.1 Å². The first-order chi connectivity index (χ1) is 7.71. The summed E-state index contributed by atoms with van der Waals surface area (Å²) in [5.41, 5.74) is -2.11. The molecule has 0 unspecified atom stereocenters. The van der Waals surface area contributed by atoms with Crippen molar-refractivity contribution in [1.82, 2.24) is 0 Å². The molecule has 0 atom stereocenters. The van der Waals surface area contributed by atoms with Crippen LogP contribution in [0.15, 0.2) is 12.1 Å². The van der Waals surface area contributed by atoms with Gasteiger partial charge in [-0.2, -0.15) is 13.2 Å². The summed E-state index contributed by atoms with van der Waals surface area (Å²) in [7, 11) is 0. The van der Waals surface area contributed by atoms with E-state index in [1.807, 2.05) is 0 Å². The van der Waals surface area contributed by atoms with E-state index in [4.69, 9.17) is 11.6 Å². The van der Waals surface area contributed by atoms with Crippen molar-refractivity contribution in [3.8, 4) is 5.75 Å². The van der Waals surface area contributed by atoms with Gasteiger partial charge >= 0.3 is 6.18 Å². The van der Waals surface area contributed by atoms with Crippen LogP contribution in [0.3, 0.4) is 0 Å². The molecule has 94 valence electrons.